The van der Waals surface area contributed by atoms with Crippen LogP contribution in [-0.4, -0.2) is 14.9 Å². The van der Waals surface area contributed by atoms with Gasteiger partial charge in [0.25, 0.3) is 0 Å². The smallest absolute Gasteiger partial charge is 0.383 e. The summed E-state index contributed by atoms with van der Waals surface area (Å²) in [5.74, 6) is 0. The van der Waals surface area contributed by atoms with Gasteiger partial charge in [-0.3, -0.25) is 4.68 Å². The molecule has 0 aliphatic rings. The molecular formula is C13H12ClF3N2O. The molecule has 7 heteroatoms. The van der Waals surface area contributed by atoms with Crippen LogP contribution < -0.4 is 0 Å². The molecule has 1 atom stereocenters. The van der Waals surface area contributed by atoms with E-state index in [1.54, 1.807) is 14.0 Å². The van der Waals surface area contributed by atoms with Crippen molar-refractivity contribution in [2.75, 3.05) is 0 Å². The van der Waals surface area contributed by atoms with E-state index in [0.717, 1.165) is 6.07 Å². The quantitative estimate of drug-likeness (QED) is 0.922. The molecule has 3 nitrogen and oxygen atoms in total. The third kappa shape index (κ3) is 2.53. The van der Waals surface area contributed by atoms with Crippen molar-refractivity contribution in [3.63, 3.8) is 0 Å². The van der Waals surface area contributed by atoms with E-state index >= 15 is 0 Å². The van der Waals surface area contributed by atoms with E-state index in [1.807, 2.05) is 0 Å². The van der Waals surface area contributed by atoms with Crippen LogP contribution in [0.1, 0.15) is 28.5 Å². The first kappa shape index (κ1) is 14.9. The summed E-state index contributed by atoms with van der Waals surface area (Å²) in [6, 6.07) is 4.87. The number of alkyl halides is 3. The standard InChI is InChI=1S/C13H12ClF3N2O/c1-7-10(12(14)19(2)18-7)11(20)8-5-3-4-6-9(8)13(15,16)17/h3-6,11,20H,1-2H3. The van der Waals surface area contributed by atoms with Crippen molar-refractivity contribution in [3.05, 3.63) is 51.8 Å². The highest BCUT2D eigenvalue weighted by molar-refractivity contribution is 6.30. The van der Waals surface area contributed by atoms with Crippen LogP contribution in [0.3, 0.4) is 0 Å². The highest BCUT2D eigenvalue weighted by Crippen LogP contribution is 2.38. The monoisotopic (exact) mass is 304 g/mol. The predicted molar refractivity (Wildman–Crippen MR) is 68.5 cm³/mol. The SMILES string of the molecule is Cc1nn(C)c(Cl)c1C(O)c1ccccc1C(F)(F)F. The number of hydrogen-bond acceptors (Lipinski definition) is 2. The Bertz CT molecular complexity index is 637. The van der Waals surface area contributed by atoms with Gasteiger partial charge in [0, 0.05) is 12.6 Å². The van der Waals surface area contributed by atoms with E-state index in [4.69, 9.17) is 11.6 Å². The van der Waals surface area contributed by atoms with Crippen molar-refractivity contribution in [1.29, 1.82) is 0 Å². The number of aliphatic hydroxyl groups excluding tert-OH is 1. The van der Waals surface area contributed by atoms with E-state index in [9.17, 15) is 18.3 Å². The fraction of sp³-hybridized carbons (Fsp3) is 0.308. The van der Waals surface area contributed by atoms with Crippen molar-refractivity contribution in [2.45, 2.75) is 19.2 Å². The molecule has 0 radical (unpaired) electrons. The van der Waals surface area contributed by atoms with Gasteiger partial charge >= 0.3 is 6.18 Å². The number of rotatable bonds is 2. The first-order valence-electron chi connectivity index (χ1n) is 5.76. The molecule has 2 rings (SSSR count). The molecule has 0 spiro atoms. The summed E-state index contributed by atoms with van der Waals surface area (Å²) < 4.78 is 40.2. The predicted octanol–water partition coefficient (Wildman–Crippen LogP) is 3.48. The van der Waals surface area contributed by atoms with Crippen molar-refractivity contribution in [3.8, 4) is 0 Å². The van der Waals surface area contributed by atoms with E-state index in [-0.39, 0.29) is 16.3 Å². The Hall–Kier alpha value is -1.53. The lowest BCUT2D eigenvalue weighted by molar-refractivity contribution is -0.139. The number of aryl methyl sites for hydroxylation is 2. The molecule has 0 saturated carbocycles. The zero-order chi connectivity index (χ0) is 15.1. The topological polar surface area (TPSA) is 38.0 Å². The zero-order valence-electron chi connectivity index (χ0n) is 10.7. The molecule has 1 aromatic heterocycles. The molecule has 1 aromatic carbocycles. The van der Waals surface area contributed by atoms with Gasteiger partial charge in [0.05, 0.1) is 11.3 Å². The van der Waals surface area contributed by atoms with Crippen molar-refractivity contribution >= 4 is 11.6 Å². The summed E-state index contributed by atoms with van der Waals surface area (Å²) in [7, 11) is 1.56. The van der Waals surface area contributed by atoms with Crippen LogP contribution >= 0.6 is 11.6 Å². The second-order valence-electron chi connectivity index (χ2n) is 4.40. The molecule has 1 heterocycles. The number of benzene rings is 1. The average Bonchev–Trinajstić information content (AvgIpc) is 2.61. The van der Waals surface area contributed by atoms with Gasteiger partial charge in [-0.2, -0.15) is 18.3 Å². The van der Waals surface area contributed by atoms with Crippen molar-refractivity contribution in [1.82, 2.24) is 9.78 Å². The van der Waals surface area contributed by atoms with Crippen LogP contribution in [0.4, 0.5) is 13.2 Å². The van der Waals surface area contributed by atoms with E-state index in [0.29, 0.717) is 5.69 Å². The number of nitrogens with zero attached hydrogens (tertiary/aromatic N) is 2. The van der Waals surface area contributed by atoms with Gasteiger partial charge in [0.15, 0.2) is 0 Å². The molecule has 0 aliphatic carbocycles. The number of aliphatic hydroxyl groups is 1. The van der Waals surface area contributed by atoms with Gasteiger partial charge in [-0.1, -0.05) is 29.8 Å². The number of hydrogen-bond donors (Lipinski definition) is 1. The number of aromatic nitrogens is 2. The highest BCUT2D eigenvalue weighted by Gasteiger charge is 2.36. The maximum atomic E-state index is 13.0. The van der Waals surface area contributed by atoms with Crippen LogP contribution in [0.25, 0.3) is 0 Å². The summed E-state index contributed by atoms with van der Waals surface area (Å²) in [4.78, 5) is 0. The first-order valence-corrected chi connectivity index (χ1v) is 6.14. The van der Waals surface area contributed by atoms with Gasteiger partial charge < -0.3 is 5.11 Å². The van der Waals surface area contributed by atoms with Gasteiger partial charge in [-0.05, 0) is 18.6 Å². The molecule has 0 saturated heterocycles. The fourth-order valence-electron chi connectivity index (χ4n) is 2.11. The molecule has 20 heavy (non-hydrogen) atoms. The Kier molecular flexibility index (Phi) is 3.80. The fourth-order valence-corrected chi connectivity index (χ4v) is 2.38. The van der Waals surface area contributed by atoms with Crippen LogP contribution in [-0.2, 0) is 13.2 Å². The van der Waals surface area contributed by atoms with Gasteiger partial charge in [-0.25, -0.2) is 0 Å². The molecule has 108 valence electrons. The Labute approximate surface area is 118 Å². The summed E-state index contributed by atoms with van der Waals surface area (Å²) in [5, 5.41) is 14.4. The summed E-state index contributed by atoms with van der Waals surface area (Å²) in [5.41, 5.74) is -0.544. The van der Waals surface area contributed by atoms with E-state index in [1.165, 1.54) is 22.9 Å². The Balaban J connectivity index is 2.57. The lowest BCUT2D eigenvalue weighted by Gasteiger charge is -2.17. The Morgan fingerprint density at radius 2 is 1.90 bits per heavy atom. The van der Waals surface area contributed by atoms with Crippen LogP contribution in [0, 0.1) is 6.92 Å². The maximum Gasteiger partial charge on any atom is 0.416 e. The lowest BCUT2D eigenvalue weighted by Crippen LogP contribution is -2.13. The molecule has 0 fully saturated rings. The lowest BCUT2D eigenvalue weighted by atomic mass is 9.97. The van der Waals surface area contributed by atoms with Gasteiger partial charge in [0.1, 0.15) is 11.3 Å². The Morgan fingerprint density at radius 3 is 2.40 bits per heavy atom. The largest absolute Gasteiger partial charge is 0.416 e. The summed E-state index contributed by atoms with van der Waals surface area (Å²) >= 11 is 5.98. The normalized spacial score (nSPS) is 13.6. The average molecular weight is 305 g/mol. The van der Waals surface area contributed by atoms with Crippen molar-refractivity contribution in [2.24, 2.45) is 7.05 Å². The maximum absolute atomic E-state index is 13.0. The molecule has 2 aromatic rings. The first-order chi connectivity index (χ1) is 9.23. The molecule has 0 bridgehead atoms. The Morgan fingerprint density at radius 1 is 1.30 bits per heavy atom. The van der Waals surface area contributed by atoms with Crippen molar-refractivity contribution < 1.29 is 18.3 Å². The summed E-state index contributed by atoms with van der Waals surface area (Å²) in [6.45, 7) is 1.58. The third-order valence-corrected chi connectivity index (χ3v) is 3.48. The van der Waals surface area contributed by atoms with E-state index in [2.05, 4.69) is 5.10 Å². The second-order valence-corrected chi connectivity index (χ2v) is 4.76. The third-order valence-electron chi connectivity index (χ3n) is 3.03. The van der Waals surface area contributed by atoms with Gasteiger partial charge in [-0.15, -0.1) is 0 Å². The minimum absolute atomic E-state index is 0.118. The molecular weight excluding hydrogens is 293 g/mol. The van der Waals surface area contributed by atoms with Crippen LogP contribution in [0.15, 0.2) is 24.3 Å². The molecule has 0 amide bonds. The molecule has 1 N–H and O–H groups in total. The van der Waals surface area contributed by atoms with E-state index < -0.39 is 17.8 Å². The van der Waals surface area contributed by atoms with Gasteiger partial charge in [0.2, 0.25) is 0 Å². The molecule has 0 aliphatic heterocycles. The second kappa shape index (κ2) is 5.10. The molecule has 1 unspecified atom stereocenters. The minimum Gasteiger partial charge on any atom is -0.383 e. The van der Waals surface area contributed by atoms with Crippen LogP contribution in [0.2, 0.25) is 5.15 Å². The highest BCUT2D eigenvalue weighted by atomic mass is 35.5. The zero-order valence-corrected chi connectivity index (χ0v) is 11.5. The summed E-state index contributed by atoms with van der Waals surface area (Å²) in [6.07, 6.45) is -6.02. The van der Waals surface area contributed by atoms with Crippen LogP contribution in [0.5, 0.6) is 0 Å². The minimum atomic E-state index is -4.54. The number of halogens is 4.